The van der Waals surface area contributed by atoms with Gasteiger partial charge in [-0.05, 0) is 56.8 Å². The maximum Gasteiger partial charge on any atom is 0.244 e. The predicted molar refractivity (Wildman–Crippen MR) is 81.2 cm³/mol. The first-order valence-corrected chi connectivity index (χ1v) is 8.64. The van der Waals surface area contributed by atoms with Crippen LogP contribution >= 0.6 is 0 Å². The lowest BCUT2D eigenvalue weighted by Crippen LogP contribution is -2.54. The highest BCUT2D eigenvalue weighted by Crippen LogP contribution is 2.72. The van der Waals surface area contributed by atoms with Crippen molar-refractivity contribution in [2.45, 2.75) is 51.1 Å². The number of anilines is 1. The van der Waals surface area contributed by atoms with Crippen molar-refractivity contribution < 1.29 is 0 Å². The Bertz CT molecular complexity index is 512. The summed E-state index contributed by atoms with van der Waals surface area (Å²) >= 11 is 0. The second kappa shape index (κ2) is 4.22. The molecular weight excluding hydrogens is 262 g/mol. The van der Waals surface area contributed by atoms with Crippen LogP contribution in [0.1, 0.15) is 44.9 Å². The summed E-state index contributed by atoms with van der Waals surface area (Å²) in [7, 11) is 0. The number of aromatic amines is 1. The molecule has 114 valence electrons. The Kier molecular flexibility index (Phi) is 2.50. The number of H-pyrrole nitrogens is 1. The Morgan fingerprint density at radius 3 is 2.38 bits per heavy atom. The molecule has 3 aliphatic carbocycles. The van der Waals surface area contributed by atoms with E-state index in [9.17, 15) is 0 Å². The Morgan fingerprint density at radius 1 is 1.05 bits per heavy atom. The summed E-state index contributed by atoms with van der Waals surface area (Å²) in [4.78, 5) is 7.21. The van der Waals surface area contributed by atoms with Gasteiger partial charge in [0.05, 0.1) is 0 Å². The topological polar surface area (TPSA) is 56.8 Å². The average Bonchev–Trinajstić information content (AvgIpc) is 2.87. The molecule has 2 bridgehead atoms. The number of fused-ring (bicyclic) bond motifs is 5. The lowest BCUT2D eigenvalue weighted by Gasteiger charge is -2.35. The largest absolute Gasteiger partial charge is 0.336 e. The van der Waals surface area contributed by atoms with Gasteiger partial charge >= 0.3 is 0 Å². The standard InChI is InChI=1S/C16H25N5/c1-8-6-21(7-9(2)17-8)16-18-15(19-20-16)14-12-10-3-4-11(5-10)13(12)14/h8-14,17H,3-7H2,1-2H3,(H,18,19,20). The Morgan fingerprint density at radius 2 is 1.71 bits per heavy atom. The molecule has 1 aromatic heterocycles. The van der Waals surface area contributed by atoms with Crippen LogP contribution in [-0.2, 0) is 0 Å². The van der Waals surface area contributed by atoms with Gasteiger partial charge in [-0.3, -0.25) is 5.10 Å². The zero-order chi connectivity index (χ0) is 14.1. The molecule has 1 saturated heterocycles. The van der Waals surface area contributed by atoms with E-state index in [0.717, 1.165) is 42.7 Å². The molecule has 1 aliphatic heterocycles. The number of piperazine rings is 1. The van der Waals surface area contributed by atoms with Crippen molar-refractivity contribution >= 4 is 5.95 Å². The van der Waals surface area contributed by atoms with Crippen LogP contribution < -0.4 is 10.2 Å². The maximum atomic E-state index is 4.88. The second-order valence-electron chi connectivity index (χ2n) is 7.91. The van der Waals surface area contributed by atoms with Crippen molar-refractivity contribution in [1.82, 2.24) is 20.5 Å². The highest BCUT2D eigenvalue weighted by Gasteiger charge is 2.66. The first-order valence-electron chi connectivity index (χ1n) is 8.64. The number of hydrogen-bond donors (Lipinski definition) is 2. The average molecular weight is 287 g/mol. The van der Waals surface area contributed by atoms with Crippen LogP contribution in [0.15, 0.2) is 0 Å². The van der Waals surface area contributed by atoms with E-state index in [1.165, 1.54) is 25.1 Å². The predicted octanol–water partition coefficient (Wildman–Crippen LogP) is 1.75. The minimum Gasteiger partial charge on any atom is -0.336 e. The van der Waals surface area contributed by atoms with Crippen LogP contribution in [0, 0.1) is 23.7 Å². The fraction of sp³-hybridized carbons (Fsp3) is 0.875. The van der Waals surface area contributed by atoms with Gasteiger partial charge in [-0.2, -0.15) is 4.98 Å². The van der Waals surface area contributed by atoms with E-state index in [1.807, 2.05) is 0 Å². The third kappa shape index (κ3) is 1.79. The minimum atomic E-state index is 0.506. The lowest BCUT2D eigenvalue weighted by atomic mass is 10.0. The molecule has 5 nitrogen and oxygen atoms in total. The monoisotopic (exact) mass is 287 g/mol. The molecule has 0 aromatic carbocycles. The van der Waals surface area contributed by atoms with Crippen LogP contribution in [0.2, 0.25) is 0 Å². The van der Waals surface area contributed by atoms with Crippen molar-refractivity contribution in [3.05, 3.63) is 5.82 Å². The number of nitrogens with zero attached hydrogens (tertiary/aromatic N) is 3. The second-order valence-corrected chi connectivity index (χ2v) is 7.91. The van der Waals surface area contributed by atoms with Crippen molar-refractivity contribution in [3.8, 4) is 0 Å². The van der Waals surface area contributed by atoms with Crippen molar-refractivity contribution in [2.75, 3.05) is 18.0 Å². The van der Waals surface area contributed by atoms with E-state index in [-0.39, 0.29) is 0 Å². The van der Waals surface area contributed by atoms with Gasteiger partial charge in [-0.25, -0.2) is 0 Å². The lowest BCUT2D eigenvalue weighted by molar-refractivity contribution is 0.403. The first-order chi connectivity index (χ1) is 10.2. The Balaban J connectivity index is 1.34. The van der Waals surface area contributed by atoms with Crippen LogP contribution in [0.3, 0.4) is 0 Å². The summed E-state index contributed by atoms with van der Waals surface area (Å²) in [5, 5.41) is 11.4. The summed E-state index contributed by atoms with van der Waals surface area (Å²) in [5.74, 6) is 6.67. The van der Waals surface area contributed by atoms with Gasteiger partial charge in [0.15, 0.2) is 0 Å². The molecule has 6 atom stereocenters. The van der Waals surface area contributed by atoms with Gasteiger partial charge in [0.1, 0.15) is 5.82 Å². The van der Waals surface area contributed by atoms with Crippen LogP contribution in [0.25, 0.3) is 0 Å². The molecule has 4 aliphatic rings. The number of hydrogen-bond acceptors (Lipinski definition) is 4. The molecule has 4 fully saturated rings. The van der Waals surface area contributed by atoms with E-state index < -0.39 is 0 Å². The SMILES string of the molecule is CC1CN(c2n[nH]c(C3C4C5CCC(C5)C34)n2)CC(C)N1. The van der Waals surface area contributed by atoms with Crippen LogP contribution in [0.5, 0.6) is 0 Å². The summed E-state index contributed by atoms with van der Waals surface area (Å²) in [5.41, 5.74) is 0. The molecule has 0 spiro atoms. The molecule has 5 rings (SSSR count). The molecule has 0 amide bonds. The summed E-state index contributed by atoms with van der Waals surface area (Å²) in [6.07, 6.45) is 4.44. The molecule has 21 heavy (non-hydrogen) atoms. The molecule has 2 heterocycles. The molecule has 1 aromatic rings. The summed E-state index contributed by atoms with van der Waals surface area (Å²) < 4.78 is 0. The van der Waals surface area contributed by atoms with Gasteiger partial charge < -0.3 is 10.2 Å². The fourth-order valence-corrected chi connectivity index (χ4v) is 5.74. The smallest absolute Gasteiger partial charge is 0.244 e. The first kappa shape index (κ1) is 12.4. The zero-order valence-corrected chi connectivity index (χ0v) is 12.9. The van der Waals surface area contributed by atoms with Crippen molar-refractivity contribution in [2.24, 2.45) is 23.7 Å². The molecule has 3 saturated carbocycles. The van der Waals surface area contributed by atoms with Gasteiger partial charge in [0.25, 0.3) is 0 Å². The third-order valence-electron chi connectivity index (χ3n) is 6.38. The Hall–Kier alpha value is -1.10. The van der Waals surface area contributed by atoms with Crippen LogP contribution in [0.4, 0.5) is 5.95 Å². The van der Waals surface area contributed by atoms with Crippen molar-refractivity contribution in [1.29, 1.82) is 0 Å². The summed E-state index contributed by atoms with van der Waals surface area (Å²) in [6.45, 7) is 6.48. The molecule has 5 heteroatoms. The maximum absolute atomic E-state index is 4.88. The highest BCUT2D eigenvalue weighted by molar-refractivity contribution is 5.34. The van der Waals surface area contributed by atoms with E-state index >= 15 is 0 Å². The Labute approximate surface area is 125 Å². The van der Waals surface area contributed by atoms with Gasteiger partial charge in [0.2, 0.25) is 5.95 Å². The zero-order valence-electron chi connectivity index (χ0n) is 12.9. The molecule has 2 N–H and O–H groups in total. The highest BCUT2D eigenvalue weighted by atomic mass is 15.4. The summed E-state index contributed by atoms with van der Waals surface area (Å²) in [6, 6.07) is 1.01. The van der Waals surface area contributed by atoms with Gasteiger partial charge in [0, 0.05) is 31.1 Å². The third-order valence-corrected chi connectivity index (χ3v) is 6.38. The van der Waals surface area contributed by atoms with Crippen LogP contribution in [-0.4, -0.2) is 40.4 Å². The number of nitrogens with one attached hydrogen (secondary N) is 2. The fourth-order valence-electron chi connectivity index (χ4n) is 5.74. The van der Waals surface area contributed by atoms with E-state index in [2.05, 4.69) is 34.3 Å². The van der Waals surface area contributed by atoms with E-state index in [4.69, 9.17) is 4.98 Å². The minimum absolute atomic E-state index is 0.506. The molecule has 6 unspecified atom stereocenters. The van der Waals surface area contributed by atoms with E-state index in [0.29, 0.717) is 18.0 Å². The number of aromatic nitrogens is 3. The molecule has 0 radical (unpaired) electrons. The van der Waals surface area contributed by atoms with Crippen molar-refractivity contribution in [3.63, 3.8) is 0 Å². The molecular formula is C16H25N5. The quantitative estimate of drug-likeness (QED) is 0.870. The van der Waals surface area contributed by atoms with Gasteiger partial charge in [-0.1, -0.05) is 0 Å². The number of rotatable bonds is 2. The van der Waals surface area contributed by atoms with Gasteiger partial charge in [-0.15, -0.1) is 5.10 Å². The van der Waals surface area contributed by atoms with E-state index in [1.54, 1.807) is 0 Å². The normalized spacial score (nSPS) is 47.7.